The fraction of sp³-hybridized carbons (Fsp3) is 0.467. The van der Waals surface area contributed by atoms with Gasteiger partial charge in [0.1, 0.15) is 12.5 Å². The summed E-state index contributed by atoms with van der Waals surface area (Å²) in [6.45, 7) is 12.4. The number of methoxy groups -OCH3 is 1. The van der Waals surface area contributed by atoms with Crippen LogP contribution in [0.1, 0.15) is 47.0 Å². The molecule has 1 atom stereocenters. The van der Waals surface area contributed by atoms with E-state index < -0.39 is 0 Å². The molecule has 1 saturated heterocycles. The molecule has 0 aliphatic carbocycles. The molecule has 4 rings (SSSR count). The highest BCUT2D eigenvalue weighted by molar-refractivity contribution is 5.84. The summed E-state index contributed by atoms with van der Waals surface area (Å²) in [6.07, 6.45) is 4.45. The Morgan fingerprint density at radius 2 is 2.03 bits per heavy atom. The van der Waals surface area contributed by atoms with Crippen molar-refractivity contribution in [1.29, 1.82) is 0 Å². The van der Waals surface area contributed by atoms with Crippen LogP contribution in [0.5, 0.6) is 11.5 Å². The average Bonchev–Trinajstić information content (AvgIpc) is 3.32. The van der Waals surface area contributed by atoms with Crippen LogP contribution in [0.25, 0.3) is 22.2 Å². The van der Waals surface area contributed by atoms with Gasteiger partial charge in [-0.05, 0) is 93.7 Å². The van der Waals surface area contributed by atoms with Gasteiger partial charge < -0.3 is 24.5 Å². The van der Waals surface area contributed by atoms with Gasteiger partial charge in [-0.1, -0.05) is 13.8 Å². The highest BCUT2D eigenvalue weighted by atomic mass is 19.1. The second kappa shape index (κ2) is 14.1. The molecule has 0 unspecified atom stereocenters. The van der Waals surface area contributed by atoms with Crippen LogP contribution in [0.15, 0.2) is 42.5 Å². The SMILES string of the molecule is C=O.COc1cc(-c2nc3ccc(OCCCN4CCC[C@H]4C)cc3cc2CCNC(C)C)ccc1F.[HH]. The normalized spacial score (nSPS) is 15.6. The van der Waals surface area contributed by atoms with Crippen LogP contribution >= 0.6 is 0 Å². The molecule has 202 valence electrons. The largest absolute Gasteiger partial charge is 0.494 e. The van der Waals surface area contributed by atoms with Crippen LogP contribution in [-0.4, -0.2) is 62.1 Å². The van der Waals surface area contributed by atoms with Gasteiger partial charge in [0.05, 0.1) is 24.9 Å². The molecule has 0 spiro atoms. The zero-order valence-corrected chi connectivity index (χ0v) is 22.6. The van der Waals surface area contributed by atoms with E-state index in [-0.39, 0.29) is 13.0 Å². The number of hydrogen-bond acceptors (Lipinski definition) is 6. The minimum Gasteiger partial charge on any atom is -0.494 e. The first-order chi connectivity index (χ1) is 17.9. The highest BCUT2D eigenvalue weighted by Crippen LogP contribution is 2.31. The van der Waals surface area contributed by atoms with Gasteiger partial charge in [0.2, 0.25) is 0 Å². The van der Waals surface area contributed by atoms with Crippen LogP contribution in [-0.2, 0) is 11.2 Å². The van der Waals surface area contributed by atoms with Gasteiger partial charge in [-0.2, -0.15) is 0 Å². The van der Waals surface area contributed by atoms with Crippen LogP contribution < -0.4 is 14.8 Å². The van der Waals surface area contributed by atoms with Gasteiger partial charge in [-0.15, -0.1) is 0 Å². The summed E-state index contributed by atoms with van der Waals surface area (Å²) in [4.78, 5) is 15.5. The van der Waals surface area contributed by atoms with Gasteiger partial charge in [-0.25, -0.2) is 9.37 Å². The summed E-state index contributed by atoms with van der Waals surface area (Å²) in [7, 11) is 1.48. The van der Waals surface area contributed by atoms with E-state index in [9.17, 15) is 4.39 Å². The molecule has 0 radical (unpaired) electrons. The number of carbonyl (C=O) groups excluding carboxylic acids is 1. The number of aromatic nitrogens is 1. The molecule has 1 aliphatic heterocycles. The summed E-state index contributed by atoms with van der Waals surface area (Å²) < 4.78 is 25.3. The Morgan fingerprint density at radius 3 is 2.73 bits per heavy atom. The van der Waals surface area contributed by atoms with Gasteiger partial charge in [0.25, 0.3) is 0 Å². The lowest BCUT2D eigenvalue weighted by atomic mass is 10.0. The topological polar surface area (TPSA) is 63.7 Å². The third kappa shape index (κ3) is 7.73. The van der Waals surface area contributed by atoms with Crippen molar-refractivity contribution in [1.82, 2.24) is 15.2 Å². The van der Waals surface area contributed by atoms with Crippen molar-refractivity contribution < 1.29 is 20.1 Å². The van der Waals surface area contributed by atoms with Crippen LogP contribution in [0.2, 0.25) is 0 Å². The number of hydrogen-bond donors (Lipinski definition) is 1. The van der Waals surface area contributed by atoms with E-state index in [4.69, 9.17) is 19.3 Å². The standard InChI is InChI=1S/C29H38FN3O2.CH2O.H2/c1-20(2)31-13-12-23-17-24-18-25(35-16-6-15-33-14-5-7-21(33)3)9-11-27(24)32-29(23)22-8-10-26(30)28(19-22)34-4;1-2;/h8-11,17-21,31H,5-7,12-16H2,1-4H3;1H2;1H/t21-;;/m1../s1. The second-order valence-electron chi connectivity index (χ2n) is 9.79. The van der Waals surface area contributed by atoms with Crippen molar-refractivity contribution in [3.05, 3.63) is 53.8 Å². The van der Waals surface area contributed by atoms with Gasteiger partial charge in [0.15, 0.2) is 11.6 Å². The number of rotatable bonds is 11. The smallest absolute Gasteiger partial charge is 0.165 e. The van der Waals surface area contributed by atoms with Crippen molar-refractivity contribution in [3.8, 4) is 22.8 Å². The van der Waals surface area contributed by atoms with Crippen LogP contribution in [0, 0.1) is 5.82 Å². The molecular weight excluding hydrogens is 469 g/mol. The first-order valence-corrected chi connectivity index (χ1v) is 13.1. The summed E-state index contributed by atoms with van der Waals surface area (Å²) >= 11 is 0. The Kier molecular flexibility index (Phi) is 10.8. The van der Waals surface area contributed by atoms with Gasteiger partial charge >= 0.3 is 0 Å². The Hall–Kier alpha value is -3.03. The Balaban J connectivity index is 0.00000165. The molecule has 37 heavy (non-hydrogen) atoms. The second-order valence-corrected chi connectivity index (χ2v) is 9.79. The van der Waals surface area contributed by atoms with Crippen molar-refractivity contribution in [2.75, 3.05) is 33.4 Å². The molecule has 0 bridgehead atoms. The van der Waals surface area contributed by atoms with Gasteiger partial charge in [-0.3, -0.25) is 0 Å². The first-order valence-electron chi connectivity index (χ1n) is 13.1. The molecule has 3 aromatic rings. The summed E-state index contributed by atoms with van der Waals surface area (Å²) in [6, 6.07) is 14.3. The highest BCUT2D eigenvalue weighted by Gasteiger charge is 2.19. The molecule has 1 aromatic heterocycles. The van der Waals surface area contributed by atoms with E-state index in [1.165, 1.54) is 32.6 Å². The van der Waals surface area contributed by atoms with Crippen molar-refractivity contribution in [2.45, 2.75) is 58.5 Å². The fourth-order valence-corrected chi connectivity index (χ4v) is 4.81. The maximum Gasteiger partial charge on any atom is 0.165 e. The first kappa shape index (κ1) is 28.5. The number of likely N-dealkylation sites (tertiary alicyclic amines) is 1. The number of nitrogens with zero attached hydrogens (tertiary/aromatic N) is 2. The molecule has 1 fully saturated rings. The number of nitrogens with one attached hydrogen (secondary N) is 1. The molecule has 0 saturated carbocycles. The molecule has 1 N–H and O–H groups in total. The molecule has 7 heteroatoms. The summed E-state index contributed by atoms with van der Waals surface area (Å²) in [5, 5.41) is 4.53. The van der Waals surface area contributed by atoms with E-state index in [0.29, 0.717) is 18.7 Å². The quantitative estimate of drug-likeness (QED) is 0.323. The molecule has 2 aromatic carbocycles. The van der Waals surface area contributed by atoms with Crippen molar-refractivity contribution in [3.63, 3.8) is 0 Å². The van der Waals surface area contributed by atoms with E-state index in [0.717, 1.165) is 59.4 Å². The minimum absolute atomic E-state index is 0. The van der Waals surface area contributed by atoms with Crippen molar-refractivity contribution in [2.24, 2.45) is 0 Å². The number of carbonyl (C=O) groups is 1. The monoisotopic (exact) mass is 511 g/mol. The lowest BCUT2D eigenvalue weighted by molar-refractivity contribution is -0.0980. The Labute approximate surface area is 221 Å². The molecule has 6 nitrogen and oxygen atoms in total. The predicted octanol–water partition coefficient (Wildman–Crippen LogP) is 5.90. The molecule has 2 heterocycles. The predicted molar refractivity (Wildman–Crippen MR) is 150 cm³/mol. The Morgan fingerprint density at radius 1 is 1.22 bits per heavy atom. The third-order valence-corrected chi connectivity index (χ3v) is 6.79. The summed E-state index contributed by atoms with van der Waals surface area (Å²) in [5.41, 5.74) is 3.71. The fourth-order valence-electron chi connectivity index (χ4n) is 4.81. The number of pyridine rings is 1. The zero-order chi connectivity index (χ0) is 26.8. The lowest BCUT2D eigenvalue weighted by Crippen LogP contribution is -2.28. The number of fused-ring (bicyclic) bond motifs is 1. The third-order valence-electron chi connectivity index (χ3n) is 6.79. The van der Waals surface area contributed by atoms with E-state index >= 15 is 0 Å². The van der Waals surface area contributed by atoms with Crippen LogP contribution in [0.3, 0.4) is 0 Å². The Bertz CT molecular complexity index is 1160. The average molecular weight is 512 g/mol. The van der Waals surface area contributed by atoms with E-state index in [2.05, 4.69) is 43.1 Å². The lowest BCUT2D eigenvalue weighted by Gasteiger charge is -2.20. The number of ether oxygens (including phenoxy) is 2. The maximum atomic E-state index is 14.0. The molecule has 1 aliphatic rings. The molecular formula is C30H42FN3O3. The van der Waals surface area contributed by atoms with Gasteiger partial charge in [0, 0.05) is 31.0 Å². The summed E-state index contributed by atoms with van der Waals surface area (Å²) in [5.74, 6) is 0.722. The maximum absolute atomic E-state index is 14.0. The van der Waals surface area contributed by atoms with Crippen molar-refractivity contribution >= 4 is 17.7 Å². The van der Waals surface area contributed by atoms with Crippen LogP contribution in [0.4, 0.5) is 4.39 Å². The number of benzene rings is 2. The van der Waals surface area contributed by atoms with E-state index in [1.54, 1.807) is 12.1 Å². The number of halogens is 1. The van der Waals surface area contributed by atoms with E-state index in [1.807, 2.05) is 18.9 Å². The minimum atomic E-state index is -0.374. The zero-order valence-electron chi connectivity index (χ0n) is 22.6. The molecule has 0 amide bonds.